The van der Waals surface area contributed by atoms with Gasteiger partial charge in [0.25, 0.3) is 0 Å². The molecule has 31 heavy (non-hydrogen) atoms. The number of halogens is 1. The van der Waals surface area contributed by atoms with E-state index in [1.54, 1.807) is 17.0 Å². The van der Waals surface area contributed by atoms with Gasteiger partial charge in [-0.3, -0.25) is 10.1 Å². The summed E-state index contributed by atoms with van der Waals surface area (Å²) in [5.41, 5.74) is 1.61. The number of benzene rings is 2. The minimum Gasteiger partial charge on any atom is -0.465 e. The van der Waals surface area contributed by atoms with Crippen molar-refractivity contribution in [2.45, 2.75) is 51.2 Å². The van der Waals surface area contributed by atoms with Crippen LogP contribution in [-0.4, -0.2) is 51.5 Å². The second-order valence-electron chi connectivity index (χ2n) is 8.16. The van der Waals surface area contributed by atoms with Gasteiger partial charge >= 0.3 is 6.09 Å². The van der Waals surface area contributed by atoms with Crippen LogP contribution < -0.4 is 10.6 Å². The van der Waals surface area contributed by atoms with Crippen LogP contribution in [0.1, 0.15) is 25.0 Å². The van der Waals surface area contributed by atoms with Gasteiger partial charge in [0, 0.05) is 6.54 Å². The molecule has 4 N–H and O–H groups in total. The largest absolute Gasteiger partial charge is 0.465 e. The second-order valence-corrected chi connectivity index (χ2v) is 8.16. The highest BCUT2D eigenvalue weighted by Crippen LogP contribution is 2.24. The SMILES string of the molecule is CC(C)C1N[C@@H](C(O)[C@@H](Cc2ccccc2)NC(=O)O)C(=O)N1Cc1ccc(F)cc1. The average Bonchev–Trinajstić information content (AvgIpc) is 3.05. The predicted octanol–water partition coefficient (Wildman–Crippen LogP) is 2.35. The molecule has 7 nitrogen and oxygen atoms in total. The number of hydrogen-bond donors (Lipinski definition) is 4. The van der Waals surface area contributed by atoms with E-state index in [4.69, 9.17) is 0 Å². The van der Waals surface area contributed by atoms with Gasteiger partial charge in [0.1, 0.15) is 11.9 Å². The molecule has 0 spiro atoms. The maximum absolute atomic E-state index is 13.2. The highest BCUT2D eigenvalue weighted by molar-refractivity contribution is 5.85. The highest BCUT2D eigenvalue weighted by Gasteiger charge is 2.45. The van der Waals surface area contributed by atoms with Crippen molar-refractivity contribution >= 4 is 12.0 Å². The molecule has 0 bridgehead atoms. The zero-order valence-electron chi connectivity index (χ0n) is 17.5. The van der Waals surface area contributed by atoms with Crippen LogP contribution in [0, 0.1) is 11.7 Å². The fourth-order valence-electron chi connectivity index (χ4n) is 3.94. The summed E-state index contributed by atoms with van der Waals surface area (Å²) in [5.74, 6) is -0.630. The molecule has 0 radical (unpaired) electrons. The lowest BCUT2D eigenvalue weighted by Gasteiger charge is -2.27. The Morgan fingerprint density at radius 1 is 1.13 bits per heavy atom. The summed E-state index contributed by atoms with van der Waals surface area (Å²) in [6.07, 6.45) is -2.65. The first kappa shape index (κ1) is 22.7. The Hall–Kier alpha value is -2.97. The highest BCUT2D eigenvalue weighted by atomic mass is 19.1. The minimum atomic E-state index is -1.27. The van der Waals surface area contributed by atoms with Gasteiger partial charge in [0.05, 0.1) is 18.3 Å². The van der Waals surface area contributed by atoms with E-state index in [0.717, 1.165) is 11.1 Å². The molecular weight excluding hydrogens is 401 g/mol. The van der Waals surface area contributed by atoms with Gasteiger partial charge in [0.15, 0.2) is 0 Å². The molecule has 1 heterocycles. The van der Waals surface area contributed by atoms with Gasteiger partial charge in [-0.05, 0) is 35.6 Å². The van der Waals surface area contributed by atoms with E-state index in [1.807, 2.05) is 44.2 Å². The number of carboxylic acid groups (broad SMARTS) is 1. The van der Waals surface area contributed by atoms with Crippen LogP contribution in [0.3, 0.4) is 0 Å². The Morgan fingerprint density at radius 2 is 1.77 bits per heavy atom. The maximum Gasteiger partial charge on any atom is 0.404 e. The summed E-state index contributed by atoms with van der Waals surface area (Å²) >= 11 is 0. The Bertz CT molecular complexity index is 891. The molecule has 1 aliphatic heterocycles. The Balaban J connectivity index is 1.80. The average molecular weight is 429 g/mol. The van der Waals surface area contributed by atoms with Gasteiger partial charge in [-0.2, -0.15) is 0 Å². The van der Waals surface area contributed by atoms with Crippen LogP contribution in [0.2, 0.25) is 0 Å². The van der Waals surface area contributed by atoms with E-state index in [2.05, 4.69) is 10.6 Å². The van der Waals surface area contributed by atoms with Crippen molar-refractivity contribution in [2.75, 3.05) is 0 Å². The zero-order valence-corrected chi connectivity index (χ0v) is 17.5. The van der Waals surface area contributed by atoms with Crippen LogP contribution in [0.25, 0.3) is 0 Å². The van der Waals surface area contributed by atoms with Crippen LogP contribution in [0.5, 0.6) is 0 Å². The van der Waals surface area contributed by atoms with Crippen molar-refractivity contribution in [3.8, 4) is 0 Å². The van der Waals surface area contributed by atoms with Gasteiger partial charge in [-0.1, -0.05) is 56.3 Å². The third kappa shape index (κ3) is 5.59. The van der Waals surface area contributed by atoms with Crippen LogP contribution in [0.4, 0.5) is 9.18 Å². The molecule has 2 aromatic rings. The lowest BCUT2D eigenvalue weighted by Crippen LogP contribution is -2.55. The van der Waals surface area contributed by atoms with E-state index in [9.17, 15) is 24.2 Å². The molecule has 0 aromatic heterocycles. The number of rotatable bonds is 8. The van der Waals surface area contributed by atoms with E-state index in [0.29, 0.717) is 0 Å². The molecule has 2 aromatic carbocycles. The van der Waals surface area contributed by atoms with E-state index >= 15 is 0 Å². The summed E-state index contributed by atoms with van der Waals surface area (Å²) in [6.45, 7) is 4.16. The Morgan fingerprint density at radius 3 is 2.35 bits per heavy atom. The van der Waals surface area contributed by atoms with E-state index in [1.165, 1.54) is 12.1 Å². The van der Waals surface area contributed by atoms with Crippen molar-refractivity contribution in [3.63, 3.8) is 0 Å². The van der Waals surface area contributed by atoms with Gasteiger partial charge < -0.3 is 20.4 Å². The molecule has 0 aliphatic carbocycles. The summed E-state index contributed by atoms with van der Waals surface area (Å²) < 4.78 is 13.2. The minimum absolute atomic E-state index is 0.0432. The molecule has 1 saturated heterocycles. The quantitative estimate of drug-likeness (QED) is 0.516. The fraction of sp³-hybridized carbons (Fsp3) is 0.391. The third-order valence-corrected chi connectivity index (χ3v) is 5.49. The lowest BCUT2D eigenvalue weighted by molar-refractivity contribution is -0.133. The van der Waals surface area contributed by atoms with Crippen molar-refractivity contribution in [2.24, 2.45) is 5.92 Å². The smallest absolute Gasteiger partial charge is 0.404 e. The molecule has 0 saturated carbocycles. The summed E-state index contributed by atoms with van der Waals surface area (Å²) in [6, 6.07) is 13.3. The normalized spacial score (nSPS) is 20.7. The van der Waals surface area contributed by atoms with E-state index in [-0.39, 0.29) is 36.8 Å². The topological polar surface area (TPSA) is 102 Å². The zero-order chi connectivity index (χ0) is 22.5. The number of carbonyl (C=O) groups is 2. The first-order valence-electron chi connectivity index (χ1n) is 10.3. The number of amides is 2. The first-order valence-corrected chi connectivity index (χ1v) is 10.3. The molecule has 2 amide bonds. The van der Waals surface area contributed by atoms with E-state index < -0.39 is 24.3 Å². The number of hydrogen-bond acceptors (Lipinski definition) is 4. The molecule has 3 rings (SSSR count). The third-order valence-electron chi connectivity index (χ3n) is 5.49. The molecule has 4 atom stereocenters. The van der Waals surface area contributed by atoms with Crippen LogP contribution >= 0.6 is 0 Å². The standard InChI is InChI=1S/C23H28FN3O4/c1-14(2)21-26-19(22(29)27(21)13-16-8-10-17(24)11-9-16)20(28)18(25-23(30)31)12-15-6-4-3-5-7-15/h3-11,14,18-21,25-26,28H,12-13H2,1-2H3,(H,30,31)/t18-,19+,20?,21?/m1/s1. The number of nitrogens with one attached hydrogen (secondary N) is 2. The fourth-order valence-corrected chi connectivity index (χ4v) is 3.94. The van der Waals surface area contributed by atoms with Crippen molar-refractivity contribution < 1.29 is 24.2 Å². The van der Waals surface area contributed by atoms with Gasteiger partial charge in [-0.25, -0.2) is 9.18 Å². The molecule has 8 heteroatoms. The van der Waals surface area contributed by atoms with Crippen molar-refractivity contribution in [3.05, 3.63) is 71.5 Å². The first-order chi connectivity index (χ1) is 14.8. The Labute approximate surface area is 180 Å². The second kappa shape index (κ2) is 9.89. The van der Waals surface area contributed by atoms with Crippen molar-refractivity contribution in [1.29, 1.82) is 0 Å². The number of aliphatic hydroxyl groups excluding tert-OH is 1. The Kier molecular flexibility index (Phi) is 7.25. The molecule has 2 unspecified atom stereocenters. The molecule has 1 fully saturated rings. The molecular formula is C23H28FN3O4. The number of aliphatic hydroxyl groups is 1. The maximum atomic E-state index is 13.2. The summed E-state index contributed by atoms with van der Waals surface area (Å²) in [7, 11) is 0. The van der Waals surface area contributed by atoms with Crippen LogP contribution in [0.15, 0.2) is 54.6 Å². The number of nitrogens with zero attached hydrogens (tertiary/aromatic N) is 1. The van der Waals surface area contributed by atoms with Gasteiger partial charge in [0.2, 0.25) is 5.91 Å². The van der Waals surface area contributed by atoms with Crippen LogP contribution in [-0.2, 0) is 17.8 Å². The predicted molar refractivity (Wildman–Crippen MR) is 114 cm³/mol. The summed E-state index contributed by atoms with van der Waals surface area (Å²) in [5, 5.41) is 25.8. The van der Waals surface area contributed by atoms with Crippen molar-refractivity contribution in [1.82, 2.24) is 15.5 Å². The molecule has 1 aliphatic rings. The van der Waals surface area contributed by atoms with Gasteiger partial charge in [-0.15, -0.1) is 0 Å². The number of carbonyl (C=O) groups excluding carboxylic acids is 1. The lowest BCUT2D eigenvalue weighted by atomic mass is 9.96. The molecule has 166 valence electrons. The monoisotopic (exact) mass is 429 g/mol. The summed E-state index contributed by atoms with van der Waals surface area (Å²) in [4.78, 5) is 26.2.